The lowest BCUT2D eigenvalue weighted by Gasteiger charge is -2.16. The van der Waals surface area contributed by atoms with Crippen molar-refractivity contribution in [1.29, 1.82) is 0 Å². The van der Waals surface area contributed by atoms with Crippen molar-refractivity contribution in [3.8, 4) is 0 Å². The Morgan fingerprint density at radius 1 is 1.17 bits per heavy atom. The molecule has 2 aromatic carbocycles. The Hall–Kier alpha value is -3.52. The van der Waals surface area contributed by atoms with Gasteiger partial charge in [-0.3, -0.25) is 24.4 Å². The minimum Gasteiger partial charge on any atom is -0.324 e. The Kier molecular flexibility index (Phi) is 5.98. The van der Waals surface area contributed by atoms with Crippen LogP contribution < -0.4 is 5.32 Å². The van der Waals surface area contributed by atoms with E-state index in [4.69, 9.17) is 11.6 Å². The van der Waals surface area contributed by atoms with Crippen LogP contribution in [0, 0.1) is 24.0 Å². The van der Waals surface area contributed by atoms with Gasteiger partial charge in [-0.1, -0.05) is 41.9 Å². The molecule has 0 radical (unpaired) electrons. The van der Waals surface area contributed by atoms with Crippen LogP contribution in [-0.4, -0.2) is 26.4 Å². The number of aryl methyl sites for hydroxylation is 1. The second kappa shape index (κ2) is 8.46. The summed E-state index contributed by atoms with van der Waals surface area (Å²) in [5.74, 6) is -0.761. The Morgan fingerprint density at radius 3 is 2.43 bits per heavy atom. The molecule has 0 bridgehead atoms. The zero-order chi connectivity index (χ0) is 22.0. The van der Waals surface area contributed by atoms with Crippen molar-refractivity contribution in [2.45, 2.75) is 26.8 Å². The number of carbonyl (C=O) groups is 2. The zero-order valence-electron chi connectivity index (χ0n) is 16.5. The van der Waals surface area contributed by atoms with Crippen LogP contribution in [0.5, 0.6) is 0 Å². The van der Waals surface area contributed by atoms with Crippen LogP contribution in [-0.2, 0) is 4.79 Å². The number of ketones is 1. The van der Waals surface area contributed by atoms with Gasteiger partial charge in [-0.25, -0.2) is 0 Å². The first-order valence-corrected chi connectivity index (χ1v) is 9.48. The lowest BCUT2D eigenvalue weighted by molar-refractivity contribution is -0.386. The van der Waals surface area contributed by atoms with E-state index < -0.39 is 16.9 Å². The van der Waals surface area contributed by atoms with Gasteiger partial charge in [-0.2, -0.15) is 5.10 Å². The van der Waals surface area contributed by atoms with E-state index in [1.54, 1.807) is 49.4 Å². The molecule has 8 nitrogen and oxygen atoms in total. The highest BCUT2D eigenvalue weighted by Gasteiger charge is 2.27. The summed E-state index contributed by atoms with van der Waals surface area (Å²) in [5, 5.41) is 18.4. The fourth-order valence-electron chi connectivity index (χ4n) is 3.20. The molecule has 1 unspecified atom stereocenters. The molecule has 3 aromatic rings. The maximum atomic E-state index is 12.9. The number of halogens is 1. The van der Waals surface area contributed by atoms with Gasteiger partial charge in [-0.15, -0.1) is 0 Å². The summed E-state index contributed by atoms with van der Waals surface area (Å²) in [6, 6.07) is 12.4. The van der Waals surface area contributed by atoms with Crippen molar-refractivity contribution < 1.29 is 14.5 Å². The predicted octanol–water partition coefficient (Wildman–Crippen LogP) is 4.49. The minimum absolute atomic E-state index is 0.124. The second-order valence-corrected chi connectivity index (χ2v) is 7.21. The molecular formula is C21H19ClN4O4. The number of hydrogen-bond acceptors (Lipinski definition) is 5. The summed E-state index contributed by atoms with van der Waals surface area (Å²) >= 11 is 6.07. The van der Waals surface area contributed by atoms with Gasteiger partial charge in [0.2, 0.25) is 5.91 Å². The van der Waals surface area contributed by atoms with Crippen LogP contribution in [0.3, 0.4) is 0 Å². The van der Waals surface area contributed by atoms with E-state index in [1.165, 1.54) is 24.6 Å². The standard InChI is InChI=1S/C21H19ClN4O4/c1-12-19(26(29)30)13(2)25(24-12)14(3)21(28)23-18-10-9-16(22)11-17(18)20(27)15-7-5-4-6-8-15/h4-11,14H,1-3H3,(H,23,28). The third-order valence-electron chi connectivity index (χ3n) is 4.74. The molecule has 3 rings (SSSR count). The summed E-state index contributed by atoms with van der Waals surface area (Å²) in [7, 11) is 0. The lowest BCUT2D eigenvalue weighted by atomic mass is 10.0. The van der Waals surface area contributed by atoms with Gasteiger partial charge in [0.1, 0.15) is 17.4 Å². The van der Waals surface area contributed by atoms with Crippen LogP contribution in [0.15, 0.2) is 48.5 Å². The normalized spacial score (nSPS) is 11.7. The van der Waals surface area contributed by atoms with E-state index in [0.29, 0.717) is 16.3 Å². The van der Waals surface area contributed by atoms with E-state index in [1.807, 2.05) is 0 Å². The number of aromatic nitrogens is 2. The first-order chi connectivity index (χ1) is 14.2. The van der Waals surface area contributed by atoms with Crippen molar-refractivity contribution >= 4 is 34.7 Å². The third kappa shape index (κ3) is 4.08. The van der Waals surface area contributed by atoms with Crippen molar-refractivity contribution in [3.63, 3.8) is 0 Å². The fourth-order valence-corrected chi connectivity index (χ4v) is 3.37. The molecule has 1 N–H and O–H groups in total. The Balaban J connectivity index is 1.92. The Bertz CT molecular complexity index is 1140. The molecule has 1 aromatic heterocycles. The number of rotatable bonds is 6. The van der Waals surface area contributed by atoms with E-state index in [0.717, 1.165) is 0 Å². The van der Waals surface area contributed by atoms with Crippen molar-refractivity contribution in [1.82, 2.24) is 9.78 Å². The van der Waals surface area contributed by atoms with Gasteiger partial charge in [0.25, 0.3) is 0 Å². The molecule has 1 amide bonds. The summed E-state index contributed by atoms with van der Waals surface area (Å²) in [5.41, 5.74) is 1.37. The van der Waals surface area contributed by atoms with Crippen LogP contribution in [0.1, 0.15) is 40.3 Å². The molecule has 0 aliphatic carbocycles. The number of carbonyl (C=O) groups excluding carboxylic acids is 2. The first kappa shape index (κ1) is 21.2. The molecule has 0 saturated carbocycles. The largest absolute Gasteiger partial charge is 0.324 e. The quantitative estimate of drug-likeness (QED) is 0.355. The minimum atomic E-state index is -0.840. The van der Waals surface area contributed by atoms with Crippen LogP contribution in [0.25, 0.3) is 0 Å². The van der Waals surface area contributed by atoms with Gasteiger partial charge in [0.15, 0.2) is 5.78 Å². The Labute approximate surface area is 177 Å². The monoisotopic (exact) mass is 426 g/mol. The molecule has 1 heterocycles. The average Bonchev–Trinajstić information content (AvgIpc) is 3.02. The predicted molar refractivity (Wildman–Crippen MR) is 113 cm³/mol. The average molecular weight is 427 g/mol. The van der Waals surface area contributed by atoms with Crippen LogP contribution >= 0.6 is 11.6 Å². The number of nitrogens with zero attached hydrogens (tertiary/aromatic N) is 3. The molecule has 30 heavy (non-hydrogen) atoms. The van der Waals surface area contributed by atoms with Gasteiger partial charge in [0, 0.05) is 16.1 Å². The second-order valence-electron chi connectivity index (χ2n) is 6.77. The molecule has 9 heteroatoms. The summed E-state index contributed by atoms with van der Waals surface area (Å²) in [6.07, 6.45) is 0. The molecule has 0 spiro atoms. The fraction of sp³-hybridized carbons (Fsp3) is 0.190. The molecule has 0 saturated heterocycles. The third-order valence-corrected chi connectivity index (χ3v) is 4.97. The molecule has 0 aliphatic rings. The maximum absolute atomic E-state index is 12.9. The van der Waals surface area contributed by atoms with Crippen LogP contribution in [0.4, 0.5) is 11.4 Å². The van der Waals surface area contributed by atoms with Crippen molar-refractivity contribution in [2.75, 3.05) is 5.32 Å². The number of nitro groups is 1. The molecule has 0 fully saturated rings. The highest BCUT2D eigenvalue weighted by atomic mass is 35.5. The number of hydrogen-bond donors (Lipinski definition) is 1. The first-order valence-electron chi connectivity index (χ1n) is 9.11. The van der Waals surface area contributed by atoms with Crippen molar-refractivity contribution in [3.05, 3.63) is 86.2 Å². The van der Waals surface area contributed by atoms with Gasteiger partial charge in [0.05, 0.1) is 10.6 Å². The number of amides is 1. The molecule has 1 atom stereocenters. The van der Waals surface area contributed by atoms with Gasteiger partial charge in [-0.05, 0) is 39.0 Å². The molecular weight excluding hydrogens is 408 g/mol. The molecule has 0 aliphatic heterocycles. The van der Waals surface area contributed by atoms with E-state index in [9.17, 15) is 19.7 Å². The SMILES string of the molecule is Cc1nn(C(C)C(=O)Nc2ccc(Cl)cc2C(=O)c2ccccc2)c(C)c1[N+](=O)[O-]. The molecule has 154 valence electrons. The summed E-state index contributed by atoms with van der Waals surface area (Å²) in [4.78, 5) is 36.5. The van der Waals surface area contributed by atoms with Crippen LogP contribution in [0.2, 0.25) is 5.02 Å². The lowest BCUT2D eigenvalue weighted by Crippen LogP contribution is -2.26. The van der Waals surface area contributed by atoms with E-state index >= 15 is 0 Å². The highest BCUT2D eigenvalue weighted by Crippen LogP contribution is 2.27. The number of benzene rings is 2. The van der Waals surface area contributed by atoms with E-state index in [-0.39, 0.29) is 28.4 Å². The maximum Gasteiger partial charge on any atom is 0.312 e. The van der Waals surface area contributed by atoms with Gasteiger partial charge < -0.3 is 5.32 Å². The zero-order valence-corrected chi connectivity index (χ0v) is 17.3. The summed E-state index contributed by atoms with van der Waals surface area (Å²) < 4.78 is 1.30. The number of anilines is 1. The Morgan fingerprint density at radius 2 is 1.83 bits per heavy atom. The van der Waals surface area contributed by atoms with E-state index in [2.05, 4.69) is 10.4 Å². The number of nitrogens with one attached hydrogen (secondary N) is 1. The van der Waals surface area contributed by atoms with Gasteiger partial charge >= 0.3 is 5.69 Å². The summed E-state index contributed by atoms with van der Waals surface area (Å²) in [6.45, 7) is 4.63. The highest BCUT2D eigenvalue weighted by molar-refractivity contribution is 6.31. The topological polar surface area (TPSA) is 107 Å². The smallest absolute Gasteiger partial charge is 0.312 e. The van der Waals surface area contributed by atoms with Crippen molar-refractivity contribution in [2.24, 2.45) is 0 Å².